The van der Waals surface area contributed by atoms with Crippen molar-refractivity contribution >= 4 is 52.4 Å². The van der Waals surface area contributed by atoms with Gasteiger partial charge in [0.05, 0.1) is 28.0 Å². The minimum Gasteiger partial charge on any atom is -0.380 e. The van der Waals surface area contributed by atoms with Gasteiger partial charge in [-0.3, -0.25) is 0 Å². The van der Waals surface area contributed by atoms with Crippen molar-refractivity contribution in [2.75, 3.05) is 17.7 Å². The first-order chi connectivity index (χ1) is 13.5. The van der Waals surface area contributed by atoms with Crippen LogP contribution in [0.1, 0.15) is 16.8 Å². The zero-order valence-electron chi connectivity index (χ0n) is 15.3. The first kappa shape index (κ1) is 20.0. The minimum atomic E-state index is 0.410. The van der Waals surface area contributed by atoms with E-state index >= 15 is 0 Å². The van der Waals surface area contributed by atoms with E-state index in [1.54, 1.807) is 31.5 Å². The molecule has 0 radical (unpaired) electrons. The summed E-state index contributed by atoms with van der Waals surface area (Å²) >= 11 is 12.8. The maximum atomic E-state index is 7.64. The van der Waals surface area contributed by atoms with Crippen molar-refractivity contribution in [3.8, 4) is 0 Å². The maximum absolute atomic E-state index is 7.64. The number of methoxy groups -OCH3 is 1. The first-order valence-corrected chi connectivity index (χ1v) is 9.06. The lowest BCUT2D eigenvalue weighted by Crippen LogP contribution is -2.02. The fourth-order valence-corrected chi connectivity index (χ4v) is 3.17. The van der Waals surface area contributed by atoms with Gasteiger partial charge in [0.2, 0.25) is 0 Å². The Morgan fingerprint density at radius 3 is 2.39 bits per heavy atom. The average Bonchev–Trinajstić information content (AvgIpc) is 2.65. The lowest BCUT2D eigenvalue weighted by atomic mass is 10.2. The molecule has 28 heavy (non-hydrogen) atoms. The van der Waals surface area contributed by atoms with Crippen LogP contribution in [0.15, 0.2) is 36.8 Å². The molecule has 1 aromatic carbocycles. The molecule has 0 aliphatic rings. The number of nitrogens with one attached hydrogen (secondary N) is 3. The van der Waals surface area contributed by atoms with Crippen molar-refractivity contribution in [3.05, 3.63) is 63.7 Å². The number of anilines is 4. The Morgan fingerprint density at radius 1 is 1.04 bits per heavy atom. The summed E-state index contributed by atoms with van der Waals surface area (Å²) in [5.74, 6) is 1.17. The van der Waals surface area contributed by atoms with E-state index in [-0.39, 0.29) is 0 Å². The van der Waals surface area contributed by atoms with E-state index in [9.17, 15) is 0 Å². The summed E-state index contributed by atoms with van der Waals surface area (Å²) in [6.45, 7) is 2.29. The summed E-state index contributed by atoms with van der Waals surface area (Å²) in [7, 11) is 1.61. The zero-order chi connectivity index (χ0) is 20.1. The molecule has 2 heterocycles. The second kappa shape index (κ2) is 8.97. The lowest BCUT2D eigenvalue weighted by Gasteiger charge is -2.15. The van der Waals surface area contributed by atoms with Crippen molar-refractivity contribution < 1.29 is 4.74 Å². The Kier molecular flexibility index (Phi) is 6.41. The number of halogens is 2. The van der Waals surface area contributed by atoms with E-state index in [0.29, 0.717) is 45.2 Å². The zero-order valence-corrected chi connectivity index (χ0v) is 16.8. The van der Waals surface area contributed by atoms with Crippen LogP contribution < -0.4 is 10.6 Å². The molecule has 0 fully saturated rings. The van der Waals surface area contributed by atoms with Crippen LogP contribution in [0.3, 0.4) is 0 Å². The van der Waals surface area contributed by atoms with Gasteiger partial charge in [0.25, 0.3) is 0 Å². The lowest BCUT2D eigenvalue weighted by molar-refractivity contribution is 0.185. The third-order valence-corrected chi connectivity index (χ3v) is 4.42. The van der Waals surface area contributed by atoms with E-state index in [2.05, 4.69) is 25.6 Å². The molecule has 0 atom stereocenters. The molecule has 3 aromatic rings. The number of pyridine rings is 1. The van der Waals surface area contributed by atoms with Crippen molar-refractivity contribution in [1.29, 1.82) is 5.41 Å². The molecule has 0 spiro atoms. The molecular formula is C19H18Cl2N6O. The highest BCUT2D eigenvalue weighted by Crippen LogP contribution is 2.35. The summed E-state index contributed by atoms with van der Waals surface area (Å²) < 4.78 is 5.12. The van der Waals surface area contributed by atoms with Crippen LogP contribution >= 0.6 is 23.2 Å². The third-order valence-electron chi connectivity index (χ3n) is 3.82. The number of hydrogen-bond acceptors (Lipinski definition) is 7. The third kappa shape index (κ3) is 4.75. The molecule has 0 unspecified atom stereocenters. The number of aryl methyl sites for hydroxylation is 1. The minimum absolute atomic E-state index is 0.410. The normalized spacial score (nSPS) is 10.6. The van der Waals surface area contributed by atoms with Crippen LogP contribution in [0.5, 0.6) is 0 Å². The monoisotopic (exact) mass is 416 g/mol. The number of benzene rings is 1. The van der Waals surface area contributed by atoms with Gasteiger partial charge < -0.3 is 20.8 Å². The van der Waals surface area contributed by atoms with Crippen LogP contribution in [0.4, 0.5) is 23.0 Å². The Balaban J connectivity index is 1.92. The Hall–Kier alpha value is -2.74. The molecule has 0 saturated carbocycles. The molecule has 9 heteroatoms. The van der Waals surface area contributed by atoms with Crippen molar-refractivity contribution in [2.24, 2.45) is 0 Å². The smallest absolute Gasteiger partial charge is 0.135 e. The van der Waals surface area contributed by atoms with Gasteiger partial charge in [0.15, 0.2) is 0 Å². The molecule has 0 aliphatic heterocycles. The van der Waals surface area contributed by atoms with Gasteiger partial charge in [0.1, 0.15) is 18.0 Å². The van der Waals surface area contributed by atoms with Crippen LogP contribution in [-0.2, 0) is 11.3 Å². The molecule has 0 bridgehead atoms. The van der Waals surface area contributed by atoms with Gasteiger partial charge in [-0.15, -0.1) is 0 Å². The van der Waals surface area contributed by atoms with E-state index in [0.717, 1.165) is 11.3 Å². The predicted octanol–water partition coefficient (Wildman–Crippen LogP) is 5.12. The summed E-state index contributed by atoms with van der Waals surface area (Å²) in [4.78, 5) is 12.5. The molecule has 3 N–H and O–H groups in total. The fourth-order valence-electron chi connectivity index (χ4n) is 2.54. The fraction of sp³-hybridized carbons (Fsp3) is 0.158. The maximum Gasteiger partial charge on any atom is 0.135 e. The van der Waals surface area contributed by atoms with E-state index in [1.165, 1.54) is 12.5 Å². The molecule has 2 aromatic heterocycles. The molecule has 0 amide bonds. The predicted molar refractivity (Wildman–Crippen MR) is 113 cm³/mol. The van der Waals surface area contributed by atoms with E-state index < -0.39 is 0 Å². The highest BCUT2D eigenvalue weighted by molar-refractivity contribution is 6.39. The number of hydrogen-bond donors (Lipinski definition) is 3. The topological polar surface area (TPSA) is 95.8 Å². The number of aromatic nitrogens is 3. The van der Waals surface area contributed by atoms with Gasteiger partial charge >= 0.3 is 0 Å². The molecular weight excluding hydrogens is 399 g/mol. The van der Waals surface area contributed by atoms with Crippen molar-refractivity contribution in [2.45, 2.75) is 13.5 Å². The number of rotatable bonds is 7. The molecule has 0 aliphatic carbocycles. The summed E-state index contributed by atoms with van der Waals surface area (Å²) in [6.07, 6.45) is 4.26. The standard InChI is InChI=1S/C19H18Cl2N6O/c1-11-3-17(25-10-24-11)27-18-6-16(13(7-22)8-23-18)26-19-14(20)4-12(9-28-2)5-15(19)21/h3-8,10,22H,9H2,1-2H3,(H2,23,24,25,26,27). The number of nitrogens with zero attached hydrogens (tertiary/aromatic N) is 3. The Labute approximate surface area is 172 Å². The average molecular weight is 417 g/mol. The van der Waals surface area contributed by atoms with Gasteiger partial charge in [-0.25, -0.2) is 15.0 Å². The summed E-state index contributed by atoms with van der Waals surface area (Å²) in [5, 5.41) is 14.9. The highest BCUT2D eigenvalue weighted by Gasteiger charge is 2.12. The van der Waals surface area contributed by atoms with Crippen molar-refractivity contribution in [3.63, 3.8) is 0 Å². The Morgan fingerprint density at radius 2 is 1.75 bits per heavy atom. The van der Waals surface area contributed by atoms with Crippen LogP contribution in [0.2, 0.25) is 10.0 Å². The first-order valence-electron chi connectivity index (χ1n) is 8.30. The number of ether oxygens (including phenoxy) is 1. The summed E-state index contributed by atoms with van der Waals surface area (Å²) in [5.41, 5.74) is 3.45. The highest BCUT2D eigenvalue weighted by atomic mass is 35.5. The van der Waals surface area contributed by atoms with Crippen LogP contribution in [-0.4, -0.2) is 28.3 Å². The molecule has 0 saturated heterocycles. The van der Waals surface area contributed by atoms with Crippen LogP contribution in [0, 0.1) is 12.3 Å². The molecule has 3 rings (SSSR count). The Bertz CT molecular complexity index is 988. The second-order valence-corrected chi connectivity index (χ2v) is 6.78. The van der Waals surface area contributed by atoms with Gasteiger partial charge in [0, 0.05) is 42.9 Å². The summed E-state index contributed by atoms with van der Waals surface area (Å²) in [6, 6.07) is 7.13. The quantitative estimate of drug-likeness (QED) is 0.462. The molecule has 7 nitrogen and oxygen atoms in total. The van der Waals surface area contributed by atoms with Crippen molar-refractivity contribution in [1.82, 2.24) is 15.0 Å². The van der Waals surface area contributed by atoms with Gasteiger partial charge in [-0.1, -0.05) is 23.2 Å². The SMILES string of the molecule is COCc1cc(Cl)c(Nc2cc(Nc3cc(C)ncn3)ncc2C=N)c(Cl)c1. The van der Waals surface area contributed by atoms with E-state index in [1.807, 2.05) is 13.0 Å². The van der Waals surface area contributed by atoms with Gasteiger partial charge in [-0.2, -0.15) is 0 Å². The van der Waals surface area contributed by atoms with Gasteiger partial charge in [-0.05, 0) is 24.6 Å². The van der Waals surface area contributed by atoms with Crippen LogP contribution in [0.25, 0.3) is 0 Å². The molecule has 144 valence electrons. The van der Waals surface area contributed by atoms with E-state index in [4.69, 9.17) is 33.3 Å². The largest absolute Gasteiger partial charge is 0.380 e. The second-order valence-electron chi connectivity index (χ2n) is 5.96.